The van der Waals surface area contributed by atoms with Gasteiger partial charge in [-0.3, -0.25) is 9.69 Å². The maximum absolute atomic E-state index is 13.1. The number of hydrogen-bond donors (Lipinski definition) is 1. The van der Waals surface area contributed by atoms with E-state index in [1.165, 1.54) is 24.2 Å². The highest BCUT2D eigenvalue weighted by Gasteiger charge is 2.48. The highest BCUT2D eigenvalue weighted by atomic mass is 35.5. The molecule has 0 saturated carbocycles. The zero-order chi connectivity index (χ0) is 19.3. The van der Waals surface area contributed by atoms with Crippen LogP contribution in [0.15, 0.2) is 18.2 Å². The topological polar surface area (TPSA) is 41.6 Å². The number of benzene rings is 1. The largest absolute Gasteiger partial charge is 0.488 e. The van der Waals surface area contributed by atoms with Crippen LogP contribution >= 0.6 is 22.9 Å². The van der Waals surface area contributed by atoms with Crippen molar-refractivity contribution in [3.63, 3.8) is 0 Å². The zero-order valence-electron chi connectivity index (χ0n) is 16.3. The lowest BCUT2D eigenvalue weighted by atomic mass is 9.72. The molecule has 1 N–H and O–H groups in total. The van der Waals surface area contributed by atoms with Gasteiger partial charge in [0.25, 0.3) is 5.91 Å². The van der Waals surface area contributed by atoms with E-state index in [2.05, 4.69) is 24.1 Å². The second-order valence-electron chi connectivity index (χ2n) is 8.50. The molecule has 2 bridgehead atoms. The first-order valence-electron chi connectivity index (χ1n) is 9.72. The number of piperidine rings is 3. The third-order valence-electron chi connectivity index (χ3n) is 6.04. The van der Waals surface area contributed by atoms with E-state index in [4.69, 9.17) is 16.3 Å². The van der Waals surface area contributed by atoms with Crippen molar-refractivity contribution in [2.45, 2.75) is 58.2 Å². The molecule has 0 spiro atoms. The number of rotatable bonds is 4. The van der Waals surface area contributed by atoms with Gasteiger partial charge in [0, 0.05) is 11.6 Å². The summed E-state index contributed by atoms with van der Waals surface area (Å²) in [4.78, 5) is 16.3. The summed E-state index contributed by atoms with van der Waals surface area (Å²) in [5.74, 6) is 1.25. The minimum absolute atomic E-state index is 0.00271. The first-order chi connectivity index (χ1) is 12.8. The monoisotopic (exact) mass is 406 g/mol. The summed E-state index contributed by atoms with van der Waals surface area (Å²) in [5, 5.41) is 4.93. The zero-order valence-corrected chi connectivity index (χ0v) is 17.9. The van der Waals surface area contributed by atoms with Crippen LogP contribution in [0.1, 0.15) is 50.2 Å². The molecule has 3 fully saturated rings. The van der Waals surface area contributed by atoms with Gasteiger partial charge in [-0.25, -0.2) is 0 Å². The van der Waals surface area contributed by atoms with Gasteiger partial charge in [0.1, 0.15) is 0 Å². The molecule has 0 radical (unpaired) electrons. The molecular formula is C21H27ClN2O2S. The Hall–Kier alpha value is -1.30. The van der Waals surface area contributed by atoms with Gasteiger partial charge in [-0.1, -0.05) is 17.7 Å². The normalized spacial score (nSPS) is 26.5. The number of ether oxygens (including phenoxy) is 1. The molecule has 4 nitrogen and oxygen atoms in total. The van der Waals surface area contributed by atoms with Gasteiger partial charge < -0.3 is 10.1 Å². The van der Waals surface area contributed by atoms with Gasteiger partial charge in [0.15, 0.2) is 5.75 Å². The summed E-state index contributed by atoms with van der Waals surface area (Å²) in [6, 6.07) is 5.93. The predicted octanol–water partition coefficient (Wildman–Crippen LogP) is 4.94. The number of halogens is 1. The van der Waals surface area contributed by atoms with Gasteiger partial charge in [0.05, 0.1) is 20.7 Å². The second-order valence-corrected chi connectivity index (χ2v) is 9.96. The fourth-order valence-corrected chi connectivity index (χ4v) is 5.91. The number of carbonyl (C=O) groups excluding carboxylic acids is 1. The molecule has 4 heterocycles. The Labute approximate surface area is 169 Å². The Bertz CT molecular complexity index is 868. The van der Waals surface area contributed by atoms with E-state index < -0.39 is 0 Å². The highest BCUT2D eigenvalue weighted by molar-refractivity contribution is 7.21. The Morgan fingerprint density at radius 1 is 1.33 bits per heavy atom. The van der Waals surface area contributed by atoms with Crippen LogP contribution in [-0.2, 0) is 0 Å². The Kier molecular flexibility index (Phi) is 4.90. The van der Waals surface area contributed by atoms with Crippen LogP contribution < -0.4 is 10.1 Å². The molecule has 146 valence electrons. The summed E-state index contributed by atoms with van der Waals surface area (Å²) in [5.41, 5.74) is 0.00271. The maximum atomic E-state index is 13.1. The van der Waals surface area contributed by atoms with Crippen LogP contribution in [0.2, 0.25) is 5.02 Å². The molecule has 2 aromatic rings. The van der Waals surface area contributed by atoms with Crippen LogP contribution in [0.4, 0.5) is 0 Å². The molecule has 1 aromatic heterocycles. The van der Waals surface area contributed by atoms with Crippen molar-refractivity contribution < 1.29 is 9.53 Å². The fourth-order valence-electron chi connectivity index (χ4n) is 4.60. The van der Waals surface area contributed by atoms with Crippen molar-refractivity contribution in [3.05, 3.63) is 28.1 Å². The molecule has 0 aliphatic carbocycles. The second kappa shape index (κ2) is 6.94. The third-order valence-corrected chi connectivity index (χ3v) is 7.49. The predicted molar refractivity (Wildman–Crippen MR) is 112 cm³/mol. The lowest BCUT2D eigenvalue weighted by Gasteiger charge is -2.56. The van der Waals surface area contributed by atoms with Crippen LogP contribution in [0.3, 0.4) is 0 Å². The Balaban J connectivity index is 1.62. The van der Waals surface area contributed by atoms with E-state index in [1.54, 1.807) is 0 Å². The first kappa shape index (κ1) is 19.0. The number of carbonyl (C=O) groups is 1. The number of nitrogens with one attached hydrogen (secondary N) is 1. The molecule has 3 saturated heterocycles. The summed E-state index contributed by atoms with van der Waals surface area (Å²) in [6.07, 6.45) is 2.37. The first-order valence-corrected chi connectivity index (χ1v) is 10.9. The summed E-state index contributed by atoms with van der Waals surface area (Å²) in [6.45, 7) is 10.7. The average molecular weight is 407 g/mol. The van der Waals surface area contributed by atoms with Crippen molar-refractivity contribution in [1.82, 2.24) is 10.2 Å². The minimum Gasteiger partial charge on any atom is -0.488 e. The molecule has 1 unspecified atom stereocenters. The maximum Gasteiger partial charge on any atom is 0.261 e. The SMILES string of the molecule is CC(C)Oc1c(Cl)ccc2cc(C(=O)NC3C4CCN(CC4)C3(C)C)sc12. The molecule has 3 aliphatic heterocycles. The van der Waals surface area contributed by atoms with Crippen LogP contribution in [-0.4, -0.2) is 41.6 Å². The van der Waals surface area contributed by atoms with E-state index in [1.807, 2.05) is 32.0 Å². The van der Waals surface area contributed by atoms with Crippen LogP contribution in [0, 0.1) is 5.92 Å². The Morgan fingerprint density at radius 2 is 2.04 bits per heavy atom. The van der Waals surface area contributed by atoms with Gasteiger partial charge in [-0.05, 0) is 77.1 Å². The molecule has 27 heavy (non-hydrogen) atoms. The van der Waals surface area contributed by atoms with Gasteiger partial charge in [-0.15, -0.1) is 11.3 Å². The van der Waals surface area contributed by atoms with Crippen molar-refractivity contribution in [1.29, 1.82) is 0 Å². The molecule has 6 heteroatoms. The number of fused-ring (bicyclic) bond motifs is 4. The molecule has 1 atom stereocenters. The van der Waals surface area contributed by atoms with Crippen molar-refractivity contribution in [2.24, 2.45) is 5.92 Å². The van der Waals surface area contributed by atoms with E-state index in [0.717, 1.165) is 23.2 Å². The van der Waals surface area contributed by atoms with Crippen LogP contribution in [0.25, 0.3) is 10.1 Å². The Morgan fingerprint density at radius 3 is 2.67 bits per heavy atom. The summed E-state index contributed by atoms with van der Waals surface area (Å²) >= 11 is 7.81. The smallest absolute Gasteiger partial charge is 0.261 e. The highest BCUT2D eigenvalue weighted by Crippen LogP contribution is 2.41. The molecule has 1 amide bonds. The average Bonchev–Trinajstić information content (AvgIpc) is 3.05. The standard InChI is InChI=1S/C21H27ClN2O2S/c1-12(2)26-17-15(22)6-5-14-11-16(27-18(14)17)20(25)23-19-13-7-9-24(10-8-13)21(19,3)4/h5-6,11-13,19H,7-10H2,1-4H3,(H,23,25). The minimum atomic E-state index is 0.00271. The fraction of sp³-hybridized carbons (Fsp3) is 0.571. The van der Waals surface area contributed by atoms with Gasteiger partial charge in [0.2, 0.25) is 0 Å². The summed E-state index contributed by atoms with van der Waals surface area (Å²) < 4.78 is 6.85. The van der Waals surface area contributed by atoms with Crippen LogP contribution in [0.5, 0.6) is 5.75 Å². The quantitative estimate of drug-likeness (QED) is 0.781. The molecular weight excluding hydrogens is 380 g/mol. The lowest BCUT2D eigenvalue weighted by Crippen LogP contribution is -2.69. The van der Waals surface area contributed by atoms with Crippen molar-refractivity contribution >= 4 is 38.9 Å². The molecule has 5 rings (SSSR count). The molecule has 1 aromatic carbocycles. The summed E-state index contributed by atoms with van der Waals surface area (Å²) in [7, 11) is 0. The number of hydrogen-bond acceptors (Lipinski definition) is 4. The van der Waals surface area contributed by atoms with E-state index >= 15 is 0 Å². The third kappa shape index (κ3) is 3.34. The molecule has 3 aliphatic rings. The van der Waals surface area contributed by atoms with Crippen molar-refractivity contribution in [2.75, 3.05) is 13.1 Å². The van der Waals surface area contributed by atoms with E-state index in [-0.39, 0.29) is 23.6 Å². The lowest BCUT2D eigenvalue weighted by molar-refractivity contribution is -0.0377. The van der Waals surface area contributed by atoms with E-state index in [9.17, 15) is 4.79 Å². The van der Waals surface area contributed by atoms with Gasteiger partial charge >= 0.3 is 0 Å². The van der Waals surface area contributed by atoms with E-state index in [0.29, 0.717) is 21.6 Å². The number of thiophene rings is 1. The number of nitrogens with zero attached hydrogens (tertiary/aromatic N) is 1. The van der Waals surface area contributed by atoms with Crippen molar-refractivity contribution in [3.8, 4) is 5.75 Å². The van der Waals surface area contributed by atoms with Gasteiger partial charge in [-0.2, -0.15) is 0 Å². The number of amides is 1.